The fourth-order valence-corrected chi connectivity index (χ4v) is 3.82. The Morgan fingerprint density at radius 1 is 1.03 bits per heavy atom. The highest BCUT2D eigenvalue weighted by atomic mass is 127. The summed E-state index contributed by atoms with van der Waals surface area (Å²) in [5.74, 6) is 0.819. The van der Waals surface area contributed by atoms with Crippen LogP contribution >= 0.6 is 45.8 Å². The summed E-state index contributed by atoms with van der Waals surface area (Å²) in [4.78, 5) is 12.8. The molecule has 29 heavy (non-hydrogen) atoms. The largest absolute Gasteiger partial charge is 0.489 e. The van der Waals surface area contributed by atoms with Crippen LogP contribution in [-0.4, -0.2) is 12.5 Å². The zero-order valence-electron chi connectivity index (χ0n) is 15.5. The molecule has 0 radical (unpaired) electrons. The fourth-order valence-electron chi connectivity index (χ4n) is 2.61. The van der Waals surface area contributed by atoms with Gasteiger partial charge in [0.1, 0.15) is 6.61 Å². The number of hydrogen-bond donors (Lipinski definition) is 1. The fraction of sp³-hybridized carbons (Fsp3) is 0.136. The summed E-state index contributed by atoms with van der Waals surface area (Å²) in [6.45, 7) is 2.76. The molecule has 0 heterocycles. The van der Waals surface area contributed by atoms with Gasteiger partial charge < -0.3 is 14.8 Å². The summed E-state index contributed by atoms with van der Waals surface area (Å²) < 4.78 is 12.5. The summed E-state index contributed by atoms with van der Waals surface area (Å²) in [6.07, 6.45) is 0. The zero-order chi connectivity index (χ0) is 20.8. The van der Waals surface area contributed by atoms with E-state index in [-0.39, 0.29) is 5.91 Å². The van der Waals surface area contributed by atoms with Gasteiger partial charge in [0.15, 0.2) is 11.5 Å². The molecule has 3 rings (SSSR count). The van der Waals surface area contributed by atoms with E-state index in [0.717, 1.165) is 9.13 Å². The molecular weight excluding hydrogens is 524 g/mol. The molecular formula is C22H18Cl2INO3. The van der Waals surface area contributed by atoms with Gasteiger partial charge in [0.25, 0.3) is 5.91 Å². The minimum atomic E-state index is -0.306. The van der Waals surface area contributed by atoms with Crippen LogP contribution in [0.2, 0.25) is 10.0 Å². The molecule has 0 saturated carbocycles. The molecule has 0 bridgehead atoms. The molecule has 0 unspecified atom stereocenters. The number of carbonyl (C=O) groups is 1. The standard InChI is InChI=1S/C22H18Cl2INO3/c1-2-28-21-18(25)10-15(11-20(21)29-13-14-6-4-3-5-7-14)22(27)26-19-9-8-16(23)12-17(19)24/h3-12H,2,13H2,1H3,(H,26,27). The lowest BCUT2D eigenvalue weighted by Crippen LogP contribution is -2.13. The van der Waals surface area contributed by atoms with E-state index in [9.17, 15) is 4.79 Å². The molecule has 3 aromatic rings. The molecule has 0 aliphatic rings. The van der Waals surface area contributed by atoms with Crippen LogP contribution in [0.15, 0.2) is 60.7 Å². The Labute approximate surface area is 193 Å². The van der Waals surface area contributed by atoms with Gasteiger partial charge in [0, 0.05) is 10.6 Å². The predicted molar refractivity (Wildman–Crippen MR) is 126 cm³/mol. The van der Waals surface area contributed by atoms with Crippen LogP contribution in [0.25, 0.3) is 0 Å². The van der Waals surface area contributed by atoms with Crippen molar-refractivity contribution < 1.29 is 14.3 Å². The Balaban J connectivity index is 1.86. The molecule has 0 fully saturated rings. The Hall–Kier alpha value is -1.96. The Morgan fingerprint density at radius 2 is 1.79 bits per heavy atom. The average Bonchev–Trinajstić information content (AvgIpc) is 2.71. The van der Waals surface area contributed by atoms with E-state index >= 15 is 0 Å². The molecule has 0 saturated heterocycles. The number of carbonyl (C=O) groups excluding carboxylic acids is 1. The monoisotopic (exact) mass is 541 g/mol. The predicted octanol–water partition coefficient (Wildman–Crippen LogP) is 6.83. The van der Waals surface area contributed by atoms with Gasteiger partial charge in [0.05, 0.1) is 20.9 Å². The molecule has 3 aromatic carbocycles. The van der Waals surface area contributed by atoms with Crippen LogP contribution in [0.4, 0.5) is 5.69 Å². The molecule has 1 N–H and O–H groups in total. The number of anilines is 1. The first-order valence-corrected chi connectivity index (χ1v) is 10.7. The lowest BCUT2D eigenvalue weighted by Gasteiger charge is -2.16. The van der Waals surface area contributed by atoms with Gasteiger partial charge in [-0.05, 0) is 65.4 Å². The molecule has 4 nitrogen and oxygen atoms in total. The third-order valence-corrected chi connectivity index (χ3v) is 5.33. The quantitative estimate of drug-likeness (QED) is 0.333. The van der Waals surface area contributed by atoms with Gasteiger partial charge in [-0.1, -0.05) is 53.5 Å². The Bertz CT molecular complexity index is 1010. The van der Waals surface area contributed by atoms with Gasteiger partial charge in [-0.3, -0.25) is 4.79 Å². The topological polar surface area (TPSA) is 47.6 Å². The van der Waals surface area contributed by atoms with Crippen molar-refractivity contribution in [2.45, 2.75) is 13.5 Å². The van der Waals surface area contributed by atoms with E-state index in [1.165, 1.54) is 0 Å². The first-order chi connectivity index (χ1) is 14.0. The van der Waals surface area contributed by atoms with E-state index in [1.54, 1.807) is 30.3 Å². The van der Waals surface area contributed by atoms with Gasteiger partial charge in [0.2, 0.25) is 0 Å². The normalized spacial score (nSPS) is 10.5. The first-order valence-electron chi connectivity index (χ1n) is 8.87. The van der Waals surface area contributed by atoms with Crippen molar-refractivity contribution in [2.75, 3.05) is 11.9 Å². The van der Waals surface area contributed by atoms with Crippen molar-refractivity contribution in [1.82, 2.24) is 0 Å². The van der Waals surface area contributed by atoms with Crippen LogP contribution < -0.4 is 14.8 Å². The highest BCUT2D eigenvalue weighted by molar-refractivity contribution is 14.1. The summed E-state index contributed by atoms with van der Waals surface area (Å²) in [7, 11) is 0. The van der Waals surface area contributed by atoms with Crippen molar-refractivity contribution in [3.63, 3.8) is 0 Å². The maximum absolute atomic E-state index is 12.8. The number of amides is 1. The van der Waals surface area contributed by atoms with Crippen LogP contribution in [0.3, 0.4) is 0 Å². The molecule has 0 spiro atoms. The maximum atomic E-state index is 12.8. The third kappa shape index (κ3) is 5.78. The number of halogens is 3. The summed E-state index contributed by atoms with van der Waals surface area (Å²) in [5, 5.41) is 3.67. The van der Waals surface area contributed by atoms with Gasteiger partial charge >= 0.3 is 0 Å². The highest BCUT2D eigenvalue weighted by Crippen LogP contribution is 2.35. The minimum Gasteiger partial charge on any atom is -0.489 e. The second-order valence-corrected chi connectivity index (χ2v) is 8.08. The second kappa shape index (κ2) is 10.2. The molecule has 7 heteroatoms. The summed E-state index contributed by atoms with van der Waals surface area (Å²) >= 11 is 14.2. The van der Waals surface area contributed by atoms with Gasteiger partial charge in [-0.25, -0.2) is 0 Å². The number of nitrogens with one attached hydrogen (secondary N) is 1. The number of ether oxygens (including phenoxy) is 2. The molecule has 0 aliphatic carbocycles. The average molecular weight is 542 g/mol. The molecule has 0 aromatic heterocycles. The smallest absolute Gasteiger partial charge is 0.255 e. The van der Waals surface area contributed by atoms with Crippen molar-refractivity contribution >= 4 is 57.4 Å². The SMILES string of the molecule is CCOc1c(I)cc(C(=O)Nc2ccc(Cl)cc2Cl)cc1OCc1ccccc1. The minimum absolute atomic E-state index is 0.306. The van der Waals surface area contributed by atoms with Crippen LogP contribution in [0, 0.1) is 3.57 Å². The van der Waals surface area contributed by atoms with Crippen LogP contribution in [-0.2, 0) is 6.61 Å². The maximum Gasteiger partial charge on any atom is 0.255 e. The number of rotatable bonds is 7. The van der Waals surface area contributed by atoms with E-state index < -0.39 is 0 Å². The van der Waals surface area contributed by atoms with Crippen molar-refractivity contribution in [1.29, 1.82) is 0 Å². The van der Waals surface area contributed by atoms with E-state index in [2.05, 4.69) is 27.9 Å². The highest BCUT2D eigenvalue weighted by Gasteiger charge is 2.17. The van der Waals surface area contributed by atoms with Gasteiger partial charge in [-0.2, -0.15) is 0 Å². The van der Waals surface area contributed by atoms with Crippen LogP contribution in [0.1, 0.15) is 22.8 Å². The molecule has 0 atom stereocenters. The zero-order valence-corrected chi connectivity index (χ0v) is 19.2. The Kier molecular flexibility index (Phi) is 7.64. The van der Waals surface area contributed by atoms with E-state index in [0.29, 0.717) is 46.0 Å². The molecule has 0 aliphatic heterocycles. The summed E-state index contributed by atoms with van der Waals surface area (Å²) in [6, 6.07) is 18.1. The van der Waals surface area contributed by atoms with Gasteiger partial charge in [-0.15, -0.1) is 0 Å². The number of hydrogen-bond acceptors (Lipinski definition) is 3. The first kappa shape index (κ1) is 21.7. The molecule has 150 valence electrons. The van der Waals surface area contributed by atoms with E-state index in [4.69, 9.17) is 32.7 Å². The lowest BCUT2D eigenvalue weighted by molar-refractivity contribution is 0.102. The lowest BCUT2D eigenvalue weighted by atomic mass is 10.1. The Morgan fingerprint density at radius 3 is 2.48 bits per heavy atom. The van der Waals surface area contributed by atoms with E-state index in [1.807, 2.05) is 37.3 Å². The van der Waals surface area contributed by atoms with Crippen molar-refractivity contribution in [2.24, 2.45) is 0 Å². The third-order valence-electron chi connectivity index (χ3n) is 3.98. The van der Waals surface area contributed by atoms with Crippen molar-refractivity contribution in [3.05, 3.63) is 85.4 Å². The summed E-state index contributed by atoms with van der Waals surface area (Å²) in [5.41, 5.74) is 1.94. The number of benzene rings is 3. The molecule has 1 amide bonds. The van der Waals surface area contributed by atoms with Crippen molar-refractivity contribution in [3.8, 4) is 11.5 Å². The second-order valence-electron chi connectivity index (χ2n) is 6.07. The van der Waals surface area contributed by atoms with Crippen LogP contribution in [0.5, 0.6) is 11.5 Å².